The number of hydrogen-bond donors (Lipinski definition) is 2. The number of ketones is 1. The quantitative estimate of drug-likeness (QED) is 0.789. The van der Waals surface area contributed by atoms with Gasteiger partial charge in [0.05, 0.1) is 7.11 Å². The van der Waals surface area contributed by atoms with Gasteiger partial charge in [0.25, 0.3) is 5.91 Å². The van der Waals surface area contributed by atoms with Crippen molar-refractivity contribution in [2.75, 3.05) is 19.0 Å². The number of aromatic nitrogens is 3. The largest absolute Gasteiger partial charge is 0.493 e. The van der Waals surface area contributed by atoms with Crippen LogP contribution in [0.2, 0.25) is 0 Å². The van der Waals surface area contributed by atoms with E-state index in [-0.39, 0.29) is 17.8 Å². The van der Waals surface area contributed by atoms with Crippen molar-refractivity contribution in [3.8, 4) is 11.5 Å². The number of hydrogen-bond acceptors (Lipinski definition) is 7. The van der Waals surface area contributed by atoms with Gasteiger partial charge >= 0.3 is 0 Å². The summed E-state index contributed by atoms with van der Waals surface area (Å²) in [5.41, 5.74) is 7.41. The van der Waals surface area contributed by atoms with Crippen molar-refractivity contribution in [3.63, 3.8) is 0 Å². The molecule has 0 saturated heterocycles. The van der Waals surface area contributed by atoms with Gasteiger partial charge in [-0.05, 0) is 29.5 Å². The van der Waals surface area contributed by atoms with Crippen molar-refractivity contribution >= 4 is 17.6 Å². The van der Waals surface area contributed by atoms with Crippen LogP contribution in [0.4, 0.5) is 5.95 Å². The van der Waals surface area contributed by atoms with Crippen LogP contribution in [-0.2, 0) is 9.59 Å². The molecule has 0 unspecified atom stereocenters. The van der Waals surface area contributed by atoms with Crippen LogP contribution >= 0.6 is 0 Å². The summed E-state index contributed by atoms with van der Waals surface area (Å²) in [5.74, 6) is 0.935. The molecule has 29 heavy (non-hydrogen) atoms. The van der Waals surface area contributed by atoms with Crippen molar-refractivity contribution in [2.45, 2.75) is 32.7 Å². The Bertz CT molecular complexity index is 1020. The van der Waals surface area contributed by atoms with E-state index in [9.17, 15) is 9.59 Å². The number of methoxy groups -OCH3 is 1. The Labute approximate surface area is 167 Å². The van der Waals surface area contributed by atoms with E-state index < -0.39 is 11.9 Å². The van der Waals surface area contributed by atoms with Crippen LogP contribution in [-0.4, -0.2) is 40.2 Å². The average Bonchev–Trinajstić information content (AvgIpc) is 3.11. The molecule has 0 fully saturated rings. The van der Waals surface area contributed by atoms with Crippen LogP contribution in [0.25, 0.3) is 0 Å². The predicted molar refractivity (Wildman–Crippen MR) is 105 cm³/mol. The number of nitrogens with one attached hydrogen (secondary N) is 1. The van der Waals surface area contributed by atoms with Gasteiger partial charge in [-0.15, -0.1) is 0 Å². The second-order valence-corrected chi connectivity index (χ2v) is 8.05. The molecule has 2 heterocycles. The fourth-order valence-electron chi connectivity index (χ4n) is 3.98. The summed E-state index contributed by atoms with van der Waals surface area (Å²) < 4.78 is 12.6. The van der Waals surface area contributed by atoms with E-state index in [1.54, 1.807) is 16.8 Å². The number of carbonyl (C=O) groups is 2. The lowest BCUT2D eigenvalue weighted by Gasteiger charge is -2.38. The number of nitrogens with zero attached hydrogens (tertiary/aromatic N) is 3. The molecular formula is C20H23N5O4. The third-order valence-electron chi connectivity index (χ3n) is 5.15. The van der Waals surface area contributed by atoms with E-state index in [0.717, 1.165) is 17.7 Å². The van der Waals surface area contributed by atoms with Crippen molar-refractivity contribution in [3.05, 3.63) is 41.4 Å². The van der Waals surface area contributed by atoms with Crippen LogP contribution in [0, 0.1) is 5.41 Å². The molecule has 9 nitrogen and oxygen atoms in total. The van der Waals surface area contributed by atoms with Gasteiger partial charge in [0.15, 0.2) is 23.9 Å². The van der Waals surface area contributed by atoms with Crippen molar-refractivity contribution < 1.29 is 19.1 Å². The summed E-state index contributed by atoms with van der Waals surface area (Å²) in [5, 5.41) is 7.62. The fourth-order valence-corrected chi connectivity index (χ4v) is 3.98. The zero-order valence-corrected chi connectivity index (χ0v) is 16.6. The van der Waals surface area contributed by atoms with E-state index >= 15 is 0 Å². The molecule has 3 N–H and O–H groups in total. The number of rotatable bonds is 5. The minimum Gasteiger partial charge on any atom is -0.493 e. The highest BCUT2D eigenvalue weighted by molar-refractivity contribution is 6.00. The number of ether oxygens (including phenoxy) is 2. The lowest BCUT2D eigenvalue weighted by molar-refractivity contribution is -0.120. The first-order valence-electron chi connectivity index (χ1n) is 9.31. The fraction of sp³-hybridized carbons (Fsp3) is 0.400. The topological polar surface area (TPSA) is 121 Å². The van der Waals surface area contributed by atoms with Crippen molar-refractivity contribution in [1.29, 1.82) is 0 Å². The molecule has 1 atom stereocenters. The third-order valence-corrected chi connectivity index (χ3v) is 5.15. The second kappa shape index (κ2) is 6.91. The molecule has 2 aromatic rings. The molecule has 152 valence electrons. The Morgan fingerprint density at radius 2 is 2.14 bits per heavy atom. The first kappa shape index (κ1) is 19.0. The van der Waals surface area contributed by atoms with Crippen molar-refractivity contribution in [2.24, 2.45) is 11.1 Å². The predicted octanol–water partition coefficient (Wildman–Crippen LogP) is 1.81. The Hall–Kier alpha value is -3.36. The average molecular weight is 397 g/mol. The first-order valence-corrected chi connectivity index (χ1v) is 9.31. The Balaban J connectivity index is 1.79. The molecule has 4 rings (SSSR count). The number of amides is 1. The van der Waals surface area contributed by atoms with E-state index in [4.69, 9.17) is 15.2 Å². The number of Topliss-reactive ketones (excluding diaryl/α,β-unsaturated/α-hetero) is 1. The molecule has 1 aliphatic carbocycles. The summed E-state index contributed by atoms with van der Waals surface area (Å²) in [6.07, 6.45) is 2.67. The highest BCUT2D eigenvalue weighted by atomic mass is 16.5. The van der Waals surface area contributed by atoms with Gasteiger partial charge in [0.2, 0.25) is 5.95 Å². The van der Waals surface area contributed by atoms with Crippen LogP contribution in [0.3, 0.4) is 0 Å². The highest BCUT2D eigenvalue weighted by Crippen LogP contribution is 2.46. The summed E-state index contributed by atoms with van der Waals surface area (Å²) in [6.45, 7) is 3.91. The van der Waals surface area contributed by atoms with Crippen LogP contribution in [0.5, 0.6) is 11.5 Å². The molecule has 1 aromatic heterocycles. The first-order chi connectivity index (χ1) is 13.8. The SMILES string of the molecule is COc1cc([C@H]2C3=C(CC(C)(C)CC3=O)Nc3ncnn32)ccc1OCC(N)=O. The molecule has 1 amide bonds. The maximum absolute atomic E-state index is 13.1. The smallest absolute Gasteiger partial charge is 0.255 e. The molecule has 0 spiro atoms. The maximum Gasteiger partial charge on any atom is 0.255 e. The van der Waals surface area contributed by atoms with Gasteiger partial charge < -0.3 is 20.5 Å². The molecule has 0 bridgehead atoms. The van der Waals surface area contributed by atoms with Gasteiger partial charge in [0, 0.05) is 17.7 Å². The van der Waals surface area contributed by atoms with Gasteiger partial charge in [0.1, 0.15) is 12.4 Å². The number of nitrogens with two attached hydrogens (primary N) is 1. The van der Waals surface area contributed by atoms with Crippen molar-refractivity contribution in [1.82, 2.24) is 14.8 Å². The Morgan fingerprint density at radius 3 is 2.86 bits per heavy atom. The van der Waals surface area contributed by atoms with Crippen LogP contribution < -0.4 is 20.5 Å². The number of fused-ring (bicyclic) bond motifs is 1. The van der Waals surface area contributed by atoms with Gasteiger partial charge in [-0.2, -0.15) is 10.1 Å². The normalized spacial score (nSPS) is 19.8. The molecular weight excluding hydrogens is 374 g/mol. The molecule has 1 aliphatic heterocycles. The molecule has 0 saturated carbocycles. The van der Waals surface area contributed by atoms with Crippen LogP contribution in [0.1, 0.15) is 38.3 Å². The molecule has 1 aromatic carbocycles. The van der Waals surface area contributed by atoms with E-state index in [2.05, 4.69) is 29.2 Å². The third kappa shape index (κ3) is 3.43. The number of primary amides is 1. The monoisotopic (exact) mass is 397 g/mol. The zero-order chi connectivity index (χ0) is 20.8. The Morgan fingerprint density at radius 1 is 1.34 bits per heavy atom. The summed E-state index contributed by atoms with van der Waals surface area (Å²) >= 11 is 0. The van der Waals surface area contributed by atoms with Gasteiger partial charge in [-0.25, -0.2) is 4.68 Å². The molecule has 0 radical (unpaired) electrons. The zero-order valence-electron chi connectivity index (χ0n) is 16.6. The Kier molecular flexibility index (Phi) is 4.52. The van der Waals surface area contributed by atoms with Gasteiger partial charge in [-0.3, -0.25) is 9.59 Å². The summed E-state index contributed by atoms with van der Waals surface area (Å²) in [7, 11) is 1.51. The van der Waals surface area contributed by atoms with Gasteiger partial charge in [-0.1, -0.05) is 19.9 Å². The summed E-state index contributed by atoms with van der Waals surface area (Å²) in [6, 6.07) is 4.90. The highest BCUT2D eigenvalue weighted by Gasteiger charge is 2.41. The number of carbonyl (C=O) groups excluding carboxylic acids is 2. The molecule has 2 aliphatic rings. The minimum absolute atomic E-state index is 0.0860. The lowest BCUT2D eigenvalue weighted by Crippen LogP contribution is -2.36. The van der Waals surface area contributed by atoms with E-state index in [1.165, 1.54) is 13.4 Å². The van der Waals surface area contributed by atoms with E-state index in [0.29, 0.717) is 29.4 Å². The number of anilines is 1. The minimum atomic E-state index is -0.577. The van der Waals surface area contributed by atoms with Crippen LogP contribution in [0.15, 0.2) is 35.8 Å². The summed E-state index contributed by atoms with van der Waals surface area (Å²) in [4.78, 5) is 28.4. The second-order valence-electron chi connectivity index (χ2n) is 8.05. The number of benzene rings is 1. The molecule has 9 heteroatoms. The number of allylic oxidation sites excluding steroid dienone is 2. The lowest BCUT2D eigenvalue weighted by atomic mass is 9.73. The standard InChI is InChI=1S/C20H23N5O4/c1-20(2)7-12-17(13(26)8-20)18(25-19(24-12)22-10-23-25)11-4-5-14(15(6-11)28-3)29-9-16(21)27/h4-6,10,18H,7-9H2,1-3H3,(H2,21,27)(H,22,23,24)/t18-/m0/s1. The van der Waals surface area contributed by atoms with E-state index in [1.807, 2.05) is 6.07 Å². The maximum atomic E-state index is 13.1.